The second-order valence-corrected chi connectivity index (χ2v) is 3.33. The lowest BCUT2D eigenvalue weighted by atomic mass is 9.98. The van der Waals surface area contributed by atoms with Crippen molar-refractivity contribution in [1.29, 1.82) is 0 Å². The summed E-state index contributed by atoms with van der Waals surface area (Å²) in [6, 6.07) is 17.4. The van der Waals surface area contributed by atoms with E-state index in [9.17, 15) is 4.79 Å². The first kappa shape index (κ1) is 9.66. The van der Waals surface area contributed by atoms with Gasteiger partial charge in [0.15, 0.2) is 5.78 Å². The van der Waals surface area contributed by atoms with E-state index in [0.717, 1.165) is 11.1 Å². The van der Waals surface area contributed by atoms with Gasteiger partial charge in [-0.15, -0.1) is 0 Å². The molecule has 0 spiro atoms. The molecule has 0 aliphatic heterocycles. The fourth-order valence-electron chi connectivity index (χ4n) is 1.60. The van der Waals surface area contributed by atoms with Crippen LogP contribution in [0.3, 0.4) is 0 Å². The molecule has 0 aromatic heterocycles. The zero-order chi connectivity index (χ0) is 10.7. The number of benzene rings is 2. The van der Waals surface area contributed by atoms with Crippen molar-refractivity contribution >= 4 is 5.78 Å². The highest BCUT2D eigenvalue weighted by molar-refractivity contribution is 6.04. The molecule has 2 aromatic carbocycles. The summed E-state index contributed by atoms with van der Waals surface area (Å²) < 4.78 is 0. The SMILES string of the molecule is [CH2]C(=O)c1ccccc1-c1ccccc1. The molecule has 2 aromatic rings. The van der Waals surface area contributed by atoms with Gasteiger partial charge in [-0.05, 0) is 11.1 Å². The van der Waals surface area contributed by atoms with Crippen molar-refractivity contribution in [2.75, 3.05) is 0 Å². The van der Waals surface area contributed by atoms with Crippen molar-refractivity contribution in [2.45, 2.75) is 0 Å². The average molecular weight is 195 g/mol. The molecule has 1 radical (unpaired) electrons. The van der Waals surface area contributed by atoms with Gasteiger partial charge in [-0.1, -0.05) is 54.6 Å². The third kappa shape index (κ3) is 1.96. The lowest BCUT2D eigenvalue weighted by molar-refractivity contribution is 0.104. The number of hydrogen-bond donors (Lipinski definition) is 0. The zero-order valence-corrected chi connectivity index (χ0v) is 8.31. The van der Waals surface area contributed by atoms with Gasteiger partial charge in [0.25, 0.3) is 0 Å². The molecular formula is C14H11O. The Balaban J connectivity index is 2.58. The van der Waals surface area contributed by atoms with Gasteiger partial charge < -0.3 is 0 Å². The minimum atomic E-state index is -0.144. The van der Waals surface area contributed by atoms with Gasteiger partial charge in [0.2, 0.25) is 0 Å². The summed E-state index contributed by atoms with van der Waals surface area (Å²) in [5.41, 5.74) is 2.66. The largest absolute Gasteiger partial charge is 0.294 e. The predicted octanol–water partition coefficient (Wildman–Crippen LogP) is 3.37. The summed E-state index contributed by atoms with van der Waals surface area (Å²) in [6.07, 6.45) is 0. The van der Waals surface area contributed by atoms with Crippen molar-refractivity contribution in [3.05, 3.63) is 67.1 Å². The lowest BCUT2D eigenvalue weighted by Gasteiger charge is -2.06. The van der Waals surface area contributed by atoms with Crippen LogP contribution in [0.2, 0.25) is 0 Å². The van der Waals surface area contributed by atoms with E-state index in [0.29, 0.717) is 5.56 Å². The summed E-state index contributed by atoms with van der Waals surface area (Å²) >= 11 is 0. The molecule has 0 atom stereocenters. The van der Waals surface area contributed by atoms with Crippen LogP contribution in [0.15, 0.2) is 54.6 Å². The van der Waals surface area contributed by atoms with E-state index in [1.807, 2.05) is 48.5 Å². The van der Waals surface area contributed by atoms with Gasteiger partial charge in [0, 0.05) is 12.5 Å². The Morgan fingerprint density at radius 3 is 2.13 bits per heavy atom. The molecule has 1 heteroatoms. The van der Waals surface area contributed by atoms with Crippen molar-refractivity contribution in [3.63, 3.8) is 0 Å². The van der Waals surface area contributed by atoms with Crippen LogP contribution >= 0.6 is 0 Å². The van der Waals surface area contributed by atoms with E-state index in [-0.39, 0.29) is 5.78 Å². The molecule has 0 aliphatic carbocycles. The Labute approximate surface area is 89.4 Å². The summed E-state index contributed by atoms with van der Waals surface area (Å²) in [5.74, 6) is -0.144. The Kier molecular flexibility index (Phi) is 2.64. The van der Waals surface area contributed by atoms with Gasteiger partial charge in [-0.3, -0.25) is 4.79 Å². The Hall–Kier alpha value is -1.89. The van der Waals surface area contributed by atoms with E-state index in [4.69, 9.17) is 0 Å². The molecule has 0 saturated heterocycles. The second kappa shape index (κ2) is 4.09. The highest BCUT2D eigenvalue weighted by Crippen LogP contribution is 2.23. The van der Waals surface area contributed by atoms with E-state index in [1.54, 1.807) is 6.07 Å². The Morgan fingerprint density at radius 1 is 0.867 bits per heavy atom. The third-order valence-corrected chi connectivity index (χ3v) is 2.31. The summed E-state index contributed by atoms with van der Waals surface area (Å²) in [4.78, 5) is 11.3. The molecular weight excluding hydrogens is 184 g/mol. The normalized spacial score (nSPS) is 9.93. The second-order valence-electron chi connectivity index (χ2n) is 3.33. The Morgan fingerprint density at radius 2 is 1.47 bits per heavy atom. The van der Waals surface area contributed by atoms with E-state index in [1.165, 1.54) is 0 Å². The average Bonchev–Trinajstić information content (AvgIpc) is 2.30. The van der Waals surface area contributed by atoms with Crippen LogP contribution in [-0.4, -0.2) is 5.78 Å². The fraction of sp³-hybridized carbons (Fsp3) is 0. The summed E-state index contributed by atoms with van der Waals surface area (Å²) in [5, 5.41) is 0. The molecule has 0 aliphatic rings. The number of Topliss-reactive ketones (excluding diaryl/α,β-unsaturated/α-hetero) is 1. The molecule has 0 unspecified atom stereocenters. The highest BCUT2D eigenvalue weighted by atomic mass is 16.1. The third-order valence-electron chi connectivity index (χ3n) is 2.31. The maximum atomic E-state index is 11.3. The van der Waals surface area contributed by atoms with Gasteiger partial charge in [-0.25, -0.2) is 0 Å². The van der Waals surface area contributed by atoms with E-state index in [2.05, 4.69) is 6.92 Å². The first-order valence-electron chi connectivity index (χ1n) is 4.80. The standard InChI is InChI=1S/C14H11O/c1-11(15)13-9-5-6-10-14(13)12-7-3-2-4-8-12/h2-10H,1H2. The molecule has 73 valence electrons. The van der Waals surface area contributed by atoms with Crippen LogP contribution in [0.1, 0.15) is 10.4 Å². The number of carbonyl (C=O) groups is 1. The molecule has 1 nitrogen and oxygen atoms in total. The van der Waals surface area contributed by atoms with Crippen molar-refractivity contribution in [3.8, 4) is 11.1 Å². The molecule has 2 rings (SSSR count). The fourth-order valence-corrected chi connectivity index (χ4v) is 1.60. The summed E-state index contributed by atoms with van der Waals surface area (Å²) in [7, 11) is 0. The first-order valence-corrected chi connectivity index (χ1v) is 4.80. The van der Waals surface area contributed by atoms with E-state index >= 15 is 0 Å². The van der Waals surface area contributed by atoms with Crippen LogP contribution in [0.4, 0.5) is 0 Å². The number of rotatable bonds is 2. The smallest absolute Gasteiger partial charge is 0.163 e. The minimum absolute atomic E-state index is 0.144. The first-order chi connectivity index (χ1) is 7.29. The van der Waals surface area contributed by atoms with Crippen LogP contribution in [0.5, 0.6) is 0 Å². The summed E-state index contributed by atoms with van der Waals surface area (Å²) in [6.45, 7) is 3.46. The van der Waals surface area contributed by atoms with Gasteiger partial charge in [0.1, 0.15) is 0 Å². The van der Waals surface area contributed by atoms with Gasteiger partial charge >= 0.3 is 0 Å². The highest BCUT2D eigenvalue weighted by Gasteiger charge is 2.06. The molecule has 15 heavy (non-hydrogen) atoms. The monoisotopic (exact) mass is 195 g/mol. The number of ketones is 1. The molecule has 0 heterocycles. The van der Waals surface area contributed by atoms with Gasteiger partial charge in [0.05, 0.1) is 0 Å². The molecule has 0 fully saturated rings. The molecule has 0 bridgehead atoms. The van der Waals surface area contributed by atoms with Crippen LogP contribution in [0.25, 0.3) is 11.1 Å². The van der Waals surface area contributed by atoms with E-state index < -0.39 is 0 Å². The van der Waals surface area contributed by atoms with Crippen molar-refractivity contribution in [2.24, 2.45) is 0 Å². The number of hydrogen-bond acceptors (Lipinski definition) is 1. The molecule has 0 N–H and O–H groups in total. The molecule has 0 amide bonds. The molecule has 0 saturated carbocycles. The topological polar surface area (TPSA) is 17.1 Å². The lowest BCUT2D eigenvalue weighted by Crippen LogP contribution is -1.95. The quantitative estimate of drug-likeness (QED) is 0.671. The maximum Gasteiger partial charge on any atom is 0.163 e. The predicted molar refractivity (Wildman–Crippen MR) is 61.6 cm³/mol. The zero-order valence-electron chi connectivity index (χ0n) is 8.31. The van der Waals surface area contributed by atoms with Crippen LogP contribution in [0, 0.1) is 6.92 Å². The number of carbonyl (C=O) groups excluding carboxylic acids is 1. The van der Waals surface area contributed by atoms with Crippen LogP contribution in [-0.2, 0) is 0 Å². The Bertz CT molecular complexity index is 472. The van der Waals surface area contributed by atoms with Crippen molar-refractivity contribution < 1.29 is 4.79 Å². The maximum absolute atomic E-state index is 11.3. The minimum Gasteiger partial charge on any atom is -0.294 e. The van der Waals surface area contributed by atoms with Crippen LogP contribution < -0.4 is 0 Å². The van der Waals surface area contributed by atoms with Crippen molar-refractivity contribution in [1.82, 2.24) is 0 Å². The van der Waals surface area contributed by atoms with Gasteiger partial charge in [-0.2, -0.15) is 0 Å².